The number of carbonyl (C=O) groups is 3. The second-order valence-corrected chi connectivity index (χ2v) is 5.81. The van der Waals surface area contributed by atoms with Crippen molar-refractivity contribution in [3.8, 4) is 0 Å². The Balaban J connectivity index is 2.74. The Morgan fingerprint density at radius 2 is 1.83 bits per heavy atom. The Hall–Kier alpha value is -2.04. The Morgan fingerprint density at radius 3 is 2.30 bits per heavy atom. The first-order valence-electron chi connectivity index (χ1n) is 6.63. The van der Waals surface area contributed by atoms with Crippen molar-refractivity contribution in [3.05, 3.63) is 16.1 Å². The molecule has 0 spiro atoms. The molecule has 23 heavy (non-hydrogen) atoms. The molecular formula is C13H19N3O6S. The predicted octanol–water partition coefficient (Wildman–Crippen LogP) is -0.588. The van der Waals surface area contributed by atoms with Crippen LogP contribution in [0.3, 0.4) is 0 Å². The number of methoxy groups -OCH3 is 2. The highest BCUT2D eigenvalue weighted by molar-refractivity contribution is 7.13. The van der Waals surface area contributed by atoms with Crippen LogP contribution < -0.4 is 10.6 Å². The van der Waals surface area contributed by atoms with Crippen molar-refractivity contribution in [1.29, 1.82) is 0 Å². The average molecular weight is 345 g/mol. The van der Waals surface area contributed by atoms with Gasteiger partial charge in [0.1, 0.15) is 10.9 Å². The maximum Gasteiger partial charge on any atom is 0.328 e. The van der Waals surface area contributed by atoms with Crippen molar-refractivity contribution in [1.82, 2.24) is 15.6 Å². The Labute approximate surface area is 137 Å². The van der Waals surface area contributed by atoms with Crippen LogP contribution in [0.4, 0.5) is 0 Å². The highest BCUT2D eigenvalue weighted by atomic mass is 32.1. The van der Waals surface area contributed by atoms with Gasteiger partial charge in [-0.05, 0) is 6.92 Å². The molecule has 0 saturated carbocycles. The molecule has 128 valence electrons. The van der Waals surface area contributed by atoms with E-state index in [1.54, 1.807) is 6.92 Å². The zero-order chi connectivity index (χ0) is 17.4. The van der Waals surface area contributed by atoms with Crippen molar-refractivity contribution in [3.63, 3.8) is 0 Å². The molecule has 1 aromatic heterocycles. The topological polar surface area (TPSA) is 127 Å². The van der Waals surface area contributed by atoms with Gasteiger partial charge in [-0.25, -0.2) is 9.78 Å². The number of nitrogens with one attached hydrogen (secondary N) is 2. The molecule has 1 aromatic rings. The Kier molecular flexibility index (Phi) is 7.59. The molecule has 0 aliphatic carbocycles. The lowest BCUT2D eigenvalue weighted by Gasteiger charge is -2.20. The fraction of sp³-hybridized carbons (Fsp3) is 0.538. The van der Waals surface area contributed by atoms with E-state index in [-0.39, 0.29) is 13.2 Å². The third-order valence-electron chi connectivity index (χ3n) is 2.75. The summed E-state index contributed by atoms with van der Waals surface area (Å²) in [6.45, 7) is 1.46. The minimum atomic E-state index is -1.24. The third kappa shape index (κ3) is 5.93. The fourth-order valence-electron chi connectivity index (χ4n) is 1.66. The lowest BCUT2D eigenvalue weighted by molar-refractivity contribution is -0.143. The number of ether oxygens (including phenoxy) is 2. The number of rotatable bonds is 9. The summed E-state index contributed by atoms with van der Waals surface area (Å²) < 4.78 is 9.64. The summed E-state index contributed by atoms with van der Waals surface area (Å²) in [5.74, 6) is -2.39. The highest BCUT2D eigenvalue weighted by Crippen LogP contribution is 2.11. The van der Waals surface area contributed by atoms with Crippen LogP contribution in [0.15, 0.2) is 6.20 Å². The largest absolute Gasteiger partial charge is 0.480 e. The van der Waals surface area contributed by atoms with Crippen molar-refractivity contribution in [2.24, 2.45) is 0 Å². The summed E-state index contributed by atoms with van der Waals surface area (Å²) in [6.07, 6.45) is 1.40. The Bertz CT molecular complexity index is 562. The van der Waals surface area contributed by atoms with Gasteiger partial charge in [0.15, 0.2) is 6.04 Å². The van der Waals surface area contributed by atoms with E-state index >= 15 is 0 Å². The van der Waals surface area contributed by atoms with Gasteiger partial charge in [-0.2, -0.15) is 0 Å². The van der Waals surface area contributed by atoms with Crippen molar-refractivity contribution in [2.75, 3.05) is 27.4 Å². The number of carboxylic acids is 1. The smallest absolute Gasteiger partial charge is 0.328 e. The van der Waals surface area contributed by atoms with Crippen molar-refractivity contribution < 1.29 is 29.0 Å². The summed E-state index contributed by atoms with van der Waals surface area (Å²) in [5, 5.41) is 14.5. The van der Waals surface area contributed by atoms with Gasteiger partial charge < -0.3 is 25.2 Å². The predicted molar refractivity (Wildman–Crippen MR) is 81.4 cm³/mol. The molecule has 2 atom stereocenters. The van der Waals surface area contributed by atoms with E-state index in [1.807, 2.05) is 0 Å². The molecule has 0 fully saturated rings. The van der Waals surface area contributed by atoms with Crippen molar-refractivity contribution >= 4 is 29.1 Å². The SMILES string of the molecule is COCC(NC(=O)c1cnc(C)s1)C(=O)N[C@@H](COC)C(=O)O. The quantitative estimate of drug-likeness (QED) is 0.546. The average Bonchev–Trinajstić information content (AvgIpc) is 2.92. The van der Waals surface area contributed by atoms with Gasteiger partial charge in [0.05, 0.1) is 24.4 Å². The van der Waals surface area contributed by atoms with Gasteiger partial charge in [-0.15, -0.1) is 11.3 Å². The van der Waals surface area contributed by atoms with E-state index in [4.69, 9.17) is 14.6 Å². The zero-order valence-corrected chi connectivity index (χ0v) is 13.8. The van der Waals surface area contributed by atoms with E-state index in [0.717, 1.165) is 0 Å². The number of carboxylic acid groups (broad SMARTS) is 1. The second kappa shape index (κ2) is 9.18. The molecule has 1 heterocycles. The number of amides is 2. The minimum absolute atomic E-state index is 0.102. The number of nitrogens with zero attached hydrogens (tertiary/aromatic N) is 1. The molecule has 2 amide bonds. The maximum atomic E-state index is 12.2. The van der Waals surface area contributed by atoms with E-state index in [2.05, 4.69) is 15.6 Å². The van der Waals surface area contributed by atoms with Crippen LogP contribution >= 0.6 is 11.3 Å². The van der Waals surface area contributed by atoms with Crippen LogP contribution in [0.5, 0.6) is 0 Å². The lowest BCUT2D eigenvalue weighted by Crippen LogP contribution is -2.54. The van der Waals surface area contributed by atoms with Crippen LogP contribution in [0.1, 0.15) is 14.7 Å². The Morgan fingerprint density at radius 1 is 1.22 bits per heavy atom. The molecule has 1 rings (SSSR count). The van der Waals surface area contributed by atoms with E-state index in [0.29, 0.717) is 9.88 Å². The van der Waals surface area contributed by atoms with Gasteiger partial charge >= 0.3 is 5.97 Å². The molecule has 0 aliphatic heterocycles. The van der Waals surface area contributed by atoms with Gasteiger partial charge in [-0.3, -0.25) is 9.59 Å². The molecule has 0 radical (unpaired) electrons. The summed E-state index contributed by atoms with van der Waals surface area (Å²) in [4.78, 5) is 39.6. The molecule has 10 heteroatoms. The van der Waals surface area contributed by atoms with Gasteiger partial charge in [0.2, 0.25) is 5.91 Å². The van der Waals surface area contributed by atoms with Crippen LogP contribution in [-0.2, 0) is 19.1 Å². The standard InChI is InChI=1S/C13H19N3O6S/c1-7-14-4-10(23-7)12(18)15-8(5-21-2)11(17)16-9(6-22-3)13(19)20/h4,8-9H,5-6H2,1-3H3,(H,15,18)(H,16,17)(H,19,20)/t8?,9-/m0/s1. The van der Waals surface area contributed by atoms with Crippen LogP contribution in [0.2, 0.25) is 0 Å². The van der Waals surface area contributed by atoms with Gasteiger partial charge in [0, 0.05) is 14.2 Å². The first-order valence-corrected chi connectivity index (χ1v) is 7.45. The molecule has 0 bridgehead atoms. The van der Waals surface area contributed by atoms with Crippen molar-refractivity contribution in [2.45, 2.75) is 19.0 Å². The van der Waals surface area contributed by atoms with Crippen LogP contribution in [0.25, 0.3) is 0 Å². The molecular weight excluding hydrogens is 326 g/mol. The number of aliphatic carboxylic acids is 1. The molecule has 1 unspecified atom stereocenters. The van der Waals surface area contributed by atoms with Gasteiger partial charge in [-0.1, -0.05) is 0 Å². The molecule has 0 saturated heterocycles. The number of hydrogen-bond acceptors (Lipinski definition) is 7. The third-order valence-corrected chi connectivity index (χ3v) is 3.66. The zero-order valence-electron chi connectivity index (χ0n) is 13.0. The number of aromatic nitrogens is 1. The van der Waals surface area contributed by atoms with Crippen LogP contribution in [-0.4, -0.2) is 67.4 Å². The fourth-order valence-corrected chi connectivity index (χ4v) is 2.34. The molecule has 3 N–H and O–H groups in total. The van der Waals surface area contributed by atoms with Crippen LogP contribution in [0, 0.1) is 6.92 Å². The number of carbonyl (C=O) groups excluding carboxylic acids is 2. The highest BCUT2D eigenvalue weighted by Gasteiger charge is 2.27. The first-order chi connectivity index (χ1) is 10.9. The summed E-state index contributed by atoms with van der Waals surface area (Å²) in [6, 6.07) is -2.25. The van der Waals surface area contributed by atoms with E-state index in [1.165, 1.54) is 31.8 Å². The summed E-state index contributed by atoms with van der Waals surface area (Å²) in [5.41, 5.74) is 0. The molecule has 0 aromatic carbocycles. The summed E-state index contributed by atoms with van der Waals surface area (Å²) in [7, 11) is 2.69. The monoisotopic (exact) mass is 345 g/mol. The van der Waals surface area contributed by atoms with E-state index < -0.39 is 29.9 Å². The number of aryl methyl sites for hydroxylation is 1. The summed E-state index contributed by atoms with van der Waals surface area (Å²) >= 11 is 1.18. The van der Waals surface area contributed by atoms with Gasteiger partial charge in [0.25, 0.3) is 5.91 Å². The van der Waals surface area contributed by atoms with E-state index in [9.17, 15) is 14.4 Å². The molecule has 0 aliphatic rings. The maximum absolute atomic E-state index is 12.2. The lowest BCUT2D eigenvalue weighted by atomic mass is 10.2. The number of hydrogen-bond donors (Lipinski definition) is 3. The molecule has 9 nitrogen and oxygen atoms in total. The first kappa shape index (κ1) is 19.0. The number of thiazole rings is 1. The normalized spacial score (nSPS) is 13.2. The minimum Gasteiger partial charge on any atom is -0.480 e. The second-order valence-electron chi connectivity index (χ2n) is 4.58.